The molecule has 2 atom stereocenters. The van der Waals surface area contributed by atoms with Crippen molar-refractivity contribution in [3.8, 4) is 0 Å². The minimum atomic E-state index is -0.789. The lowest BCUT2D eigenvalue weighted by molar-refractivity contribution is -0.143. The van der Waals surface area contributed by atoms with Gasteiger partial charge < -0.3 is 20.3 Å². The van der Waals surface area contributed by atoms with Crippen LogP contribution in [0, 0.1) is 13.8 Å². The van der Waals surface area contributed by atoms with Gasteiger partial charge in [-0.1, -0.05) is 70.1 Å². The number of hydrogen-bond donors (Lipinski definition) is 2. The molecule has 7 nitrogen and oxygen atoms in total. The molecule has 2 N–H and O–H groups in total. The Morgan fingerprint density at radius 1 is 1.05 bits per heavy atom. The van der Waals surface area contributed by atoms with Crippen LogP contribution in [0.4, 0.5) is 4.79 Å². The Hall–Kier alpha value is -2.22. The summed E-state index contributed by atoms with van der Waals surface area (Å²) in [5.74, 6) is 0.331. The number of alkyl carbamates (subject to hydrolysis) is 1. The summed E-state index contributed by atoms with van der Waals surface area (Å²) in [6, 6.07) is 4.54. The highest BCUT2D eigenvalue weighted by molar-refractivity contribution is 7.98. The maximum atomic E-state index is 14.4. The van der Waals surface area contributed by atoms with Crippen molar-refractivity contribution in [2.24, 2.45) is 0 Å². The lowest BCUT2D eigenvalue weighted by atomic mass is 9.92. The van der Waals surface area contributed by atoms with Gasteiger partial charge >= 0.3 is 6.09 Å². The van der Waals surface area contributed by atoms with Crippen molar-refractivity contribution in [1.82, 2.24) is 15.5 Å². The minimum Gasteiger partial charge on any atom is -0.444 e. The summed E-state index contributed by atoms with van der Waals surface area (Å²) in [5.41, 5.74) is 2.26. The first-order valence-corrected chi connectivity index (χ1v) is 17.0. The molecule has 1 aromatic carbocycles. The topological polar surface area (TPSA) is 87.7 Å². The van der Waals surface area contributed by atoms with Crippen LogP contribution < -0.4 is 10.6 Å². The van der Waals surface area contributed by atoms with Crippen molar-refractivity contribution in [3.05, 3.63) is 34.9 Å². The normalized spacial score (nSPS) is 15.6. The summed E-state index contributed by atoms with van der Waals surface area (Å²) in [5, 5.41) is 6.17. The highest BCUT2D eigenvalue weighted by atomic mass is 32.2. The fraction of sp³-hybridized carbons (Fsp3) is 0.727. The fourth-order valence-electron chi connectivity index (χ4n) is 5.44. The average Bonchev–Trinajstić information content (AvgIpc) is 2.91. The number of carbonyl (C=O) groups excluding carboxylic acids is 3. The van der Waals surface area contributed by atoms with E-state index in [9.17, 15) is 14.4 Å². The van der Waals surface area contributed by atoms with Crippen molar-refractivity contribution in [2.45, 2.75) is 136 Å². The second kappa shape index (κ2) is 17.7. The fourth-order valence-corrected chi connectivity index (χ4v) is 5.91. The van der Waals surface area contributed by atoms with Crippen molar-refractivity contribution in [2.75, 3.05) is 18.6 Å². The van der Waals surface area contributed by atoms with Crippen molar-refractivity contribution in [3.63, 3.8) is 0 Å². The van der Waals surface area contributed by atoms with Gasteiger partial charge in [-0.15, -0.1) is 0 Å². The van der Waals surface area contributed by atoms with E-state index >= 15 is 0 Å². The Kier molecular flexibility index (Phi) is 15.1. The monoisotopic (exact) mass is 589 g/mol. The zero-order valence-electron chi connectivity index (χ0n) is 26.6. The molecule has 41 heavy (non-hydrogen) atoms. The van der Waals surface area contributed by atoms with E-state index in [0.29, 0.717) is 18.7 Å². The number of nitrogens with zero attached hydrogens (tertiary/aromatic N) is 1. The van der Waals surface area contributed by atoms with E-state index in [1.165, 1.54) is 6.42 Å². The van der Waals surface area contributed by atoms with E-state index in [-0.39, 0.29) is 17.9 Å². The van der Waals surface area contributed by atoms with Crippen LogP contribution in [0.15, 0.2) is 18.2 Å². The van der Waals surface area contributed by atoms with Crippen LogP contribution in [0.3, 0.4) is 0 Å². The Bertz CT molecular complexity index is 972. The standard InChI is InChI=1S/C33H55N3O4S/c1-8-9-10-11-15-22-36(31(38)28(21-23-41-7)35-32(39)40-33(4,5)6)29(27-20-16-17-24(2)25(27)3)30(37)34-26-18-13-12-14-19-26/h16-17,20,26,28-29H,8-15,18-19,21-23H2,1-7H3,(H,34,37)(H,35,39). The summed E-state index contributed by atoms with van der Waals surface area (Å²) in [6.07, 6.45) is 12.3. The maximum absolute atomic E-state index is 14.4. The van der Waals surface area contributed by atoms with E-state index in [1.54, 1.807) is 37.4 Å². The number of hydrogen-bond acceptors (Lipinski definition) is 5. The van der Waals surface area contributed by atoms with Gasteiger partial charge in [0.25, 0.3) is 0 Å². The lowest BCUT2D eigenvalue weighted by Gasteiger charge is -2.36. The first kappa shape index (κ1) is 35.0. The Balaban J connectivity index is 2.49. The average molecular weight is 590 g/mol. The zero-order chi connectivity index (χ0) is 30.4. The summed E-state index contributed by atoms with van der Waals surface area (Å²) in [6.45, 7) is 12.1. The molecule has 232 valence electrons. The third-order valence-electron chi connectivity index (χ3n) is 7.84. The largest absolute Gasteiger partial charge is 0.444 e. The van der Waals surface area contributed by atoms with E-state index < -0.39 is 23.8 Å². The second-order valence-corrected chi connectivity index (χ2v) is 13.4. The van der Waals surface area contributed by atoms with Gasteiger partial charge in [0.1, 0.15) is 17.7 Å². The number of thioether (sulfide) groups is 1. The zero-order valence-corrected chi connectivity index (χ0v) is 27.5. The van der Waals surface area contributed by atoms with Crippen LogP contribution in [0.1, 0.15) is 121 Å². The number of nitrogens with one attached hydrogen (secondary N) is 2. The molecular weight excluding hydrogens is 534 g/mol. The Labute approximate surface area is 253 Å². The van der Waals surface area contributed by atoms with Crippen LogP contribution in [-0.2, 0) is 14.3 Å². The van der Waals surface area contributed by atoms with Crippen LogP contribution in [0.2, 0.25) is 0 Å². The Morgan fingerprint density at radius 3 is 2.37 bits per heavy atom. The van der Waals surface area contributed by atoms with Gasteiger partial charge in [-0.2, -0.15) is 11.8 Å². The molecule has 0 heterocycles. The van der Waals surface area contributed by atoms with Gasteiger partial charge in [0.15, 0.2) is 0 Å². The number of ether oxygens (including phenoxy) is 1. The molecule has 0 aliphatic heterocycles. The minimum absolute atomic E-state index is 0.123. The number of rotatable bonds is 15. The number of unbranched alkanes of at least 4 members (excludes halogenated alkanes) is 4. The van der Waals surface area contributed by atoms with Gasteiger partial charge in [0.2, 0.25) is 11.8 Å². The molecule has 1 aliphatic rings. The molecule has 2 unspecified atom stereocenters. The van der Waals surface area contributed by atoms with Gasteiger partial charge in [0.05, 0.1) is 0 Å². The summed E-state index contributed by atoms with van der Waals surface area (Å²) in [7, 11) is 0. The van der Waals surface area contributed by atoms with E-state index in [2.05, 4.69) is 17.6 Å². The molecule has 2 rings (SSSR count). The molecule has 3 amide bonds. The number of aryl methyl sites for hydroxylation is 1. The van der Waals surface area contributed by atoms with Gasteiger partial charge in [-0.25, -0.2) is 4.79 Å². The summed E-state index contributed by atoms with van der Waals surface area (Å²) < 4.78 is 5.52. The second-order valence-electron chi connectivity index (χ2n) is 12.5. The predicted octanol–water partition coefficient (Wildman–Crippen LogP) is 7.24. The Morgan fingerprint density at radius 2 is 1.73 bits per heavy atom. The third kappa shape index (κ3) is 11.9. The highest BCUT2D eigenvalue weighted by Gasteiger charge is 2.37. The van der Waals surface area contributed by atoms with E-state index in [4.69, 9.17) is 4.74 Å². The first-order chi connectivity index (χ1) is 19.5. The quantitative estimate of drug-likeness (QED) is 0.211. The molecule has 0 spiro atoms. The predicted molar refractivity (Wildman–Crippen MR) is 170 cm³/mol. The molecule has 1 aromatic rings. The summed E-state index contributed by atoms with van der Waals surface area (Å²) in [4.78, 5) is 43.2. The molecule has 0 bridgehead atoms. The maximum Gasteiger partial charge on any atom is 0.408 e. The summed E-state index contributed by atoms with van der Waals surface area (Å²) >= 11 is 1.62. The molecule has 0 radical (unpaired) electrons. The van der Waals surface area contributed by atoms with Crippen LogP contribution >= 0.6 is 11.8 Å². The van der Waals surface area contributed by atoms with Crippen molar-refractivity contribution < 1.29 is 19.1 Å². The number of carbonyl (C=O) groups is 3. The van der Waals surface area contributed by atoms with Crippen LogP contribution in [0.25, 0.3) is 0 Å². The smallest absolute Gasteiger partial charge is 0.408 e. The molecule has 1 saturated carbocycles. The molecule has 0 saturated heterocycles. The van der Waals surface area contributed by atoms with Crippen LogP contribution in [0.5, 0.6) is 0 Å². The van der Waals surface area contributed by atoms with Gasteiger partial charge in [0, 0.05) is 12.6 Å². The first-order valence-electron chi connectivity index (χ1n) is 15.6. The number of benzene rings is 1. The van der Waals surface area contributed by atoms with Gasteiger partial charge in [-0.3, -0.25) is 9.59 Å². The molecule has 1 fully saturated rings. The SMILES string of the molecule is CCCCCCCN(C(=O)C(CCSC)NC(=O)OC(C)(C)C)C(C(=O)NC1CCCCC1)c1cccc(C)c1C. The molecule has 8 heteroatoms. The van der Waals surface area contributed by atoms with Crippen molar-refractivity contribution >= 4 is 29.7 Å². The highest BCUT2D eigenvalue weighted by Crippen LogP contribution is 2.29. The van der Waals surface area contributed by atoms with E-state index in [1.807, 2.05) is 38.3 Å². The third-order valence-corrected chi connectivity index (χ3v) is 8.48. The van der Waals surface area contributed by atoms with Crippen molar-refractivity contribution in [1.29, 1.82) is 0 Å². The molecule has 1 aliphatic carbocycles. The van der Waals surface area contributed by atoms with Gasteiger partial charge in [-0.05, 0) is 89.0 Å². The lowest BCUT2D eigenvalue weighted by Crippen LogP contribution is -2.54. The van der Waals surface area contributed by atoms with E-state index in [0.717, 1.165) is 74.5 Å². The van der Waals surface area contributed by atoms with Crippen LogP contribution in [-0.4, -0.2) is 59.0 Å². The molecule has 0 aromatic heterocycles. The molecular formula is C33H55N3O4S. The number of amides is 3.